The Labute approximate surface area is 122 Å². The van der Waals surface area contributed by atoms with Crippen LogP contribution in [0.15, 0.2) is 9.59 Å². The van der Waals surface area contributed by atoms with Crippen LogP contribution in [0.4, 0.5) is 0 Å². The molecule has 0 aliphatic heterocycles. The van der Waals surface area contributed by atoms with Gasteiger partial charge in [-0.3, -0.25) is 19.1 Å². The van der Waals surface area contributed by atoms with Gasteiger partial charge in [0.05, 0.1) is 5.56 Å². The van der Waals surface area contributed by atoms with E-state index >= 15 is 0 Å². The molecule has 116 valence electrons. The van der Waals surface area contributed by atoms with E-state index in [-0.39, 0.29) is 36.2 Å². The van der Waals surface area contributed by atoms with Crippen LogP contribution in [0.1, 0.15) is 50.5 Å². The van der Waals surface area contributed by atoms with Gasteiger partial charge in [0.1, 0.15) is 0 Å². The summed E-state index contributed by atoms with van der Waals surface area (Å²) >= 11 is 0. The second-order valence-corrected chi connectivity index (χ2v) is 5.33. The second-order valence-electron chi connectivity index (χ2n) is 5.33. The molecule has 2 rings (SSSR count). The van der Waals surface area contributed by atoms with Gasteiger partial charge in [0, 0.05) is 19.5 Å². The Morgan fingerprint density at radius 3 is 2.67 bits per heavy atom. The van der Waals surface area contributed by atoms with Gasteiger partial charge < -0.3 is 10.4 Å². The summed E-state index contributed by atoms with van der Waals surface area (Å²) in [6.45, 7) is 2.37. The Bertz CT molecular complexity index is 626. The van der Waals surface area contributed by atoms with Crippen molar-refractivity contribution in [2.75, 3.05) is 6.54 Å². The molecule has 0 aromatic carbocycles. The lowest BCUT2D eigenvalue weighted by Crippen LogP contribution is -2.34. The van der Waals surface area contributed by atoms with E-state index in [0.717, 1.165) is 30.3 Å². The molecule has 1 heterocycles. The molecule has 21 heavy (non-hydrogen) atoms. The summed E-state index contributed by atoms with van der Waals surface area (Å²) in [6, 6.07) is 0. The number of hydrogen-bond donors (Lipinski definition) is 3. The average Bonchev–Trinajstić information content (AvgIpc) is 2.92. The van der Waals surface area contributed by atoms with Crippen molar-refractivity contribution in [1.82, 2.24) is 14.9 Å². The number of amides is 1. The van der Waals surface area contributed by atoms with Gasteiger partial charge >= 0.3 is 5.69 Å². The molecule has 1 amide bonds. The fourth-order valence-electron chi connectivity index (χ4n) is 2.86. The van der Waals surface area contributed by atoms with Gasteiger partial charge in [-0.1, -0.05) is 12.8 Å². The summed E-state index contributed by atoms with van der Waals surface area (Å²) in [4.78, 5) is 37.5. The van der Waals surface area contributed by atoms with Crippen LogP contribution in [0.5, 0.6) is 5.88 Å². The lowest BCUT2D eigenvalue weighted by atomic mass is 10.00. The molecular formula is C14H21N3O4. The molecule has 1 aromatic heterocycles. The number of carbonyl (C=O) groups is 1. The first-order valence-electron chi connectivity index (χ1n) is 7.37. The van der Waals surface area contributed by atoms with Crippen molar-refractivity contribution in [1.29, 1.82) is 0 Å². The monoisotopic (exact) mass is 295 g/mol. The molecule has 0 bridgehead atoms. The number of carbonyl (C=O) groups excluding carboxylic acids is 1. The first kappa shape index (κ1) is 15.3. The number of aromatic hydroxyl groups is 1. The van der Waals surface area contributed by atoms with Gasteiger partial charge in [0.2, 0.25) is 11.8 Å². The van der Waals surface area contributed by atoms with Crippen LogP contribution in [0.3, 0.4) is 0 Å². The molecule has 0 radical (unpaired) electrons. The standard InChI is InChI=1S/C14H21N3O4/c1-2-15-10(18)7-8-17-13(20)11(9-5-3-4-6-9)12(19)16-14(17)21/h9,20H,2-8H2,1H3,(H,15,18)(H,16,19,21). The zero-order valence-corrected chi connectivity index (χ0v) is 12.1. The molecule has 1 aliphatic rings. The molecule has 0 unspecified atom stereocenters. The van der Waals surface area contributed by atoms with E-state index in [4.69, 9.17) is 0 Å². The van der Waals surface area contributed by atoms with Crippen LogP contribution in [-0.4, -0.2) is 27.1 Å². The summed E-state index contributed by atoms with van der Waals surface area (Å²) in [6.07, 6.45) is 3.79. The third kappa shape index (κ3) is 3.34. The summed E-state index contributed by atoms with van der Waals surface area (Å²) in [5.74, 6) is -0.498. The third-order valence-electron chi connectivity index (χ3n) is 3.91. The Morgan fingerprint density at radius 2 is 2.05 bits per heavy atom. The number of hydrogen-bond acceptors (Lipinski definition) is 4. The summed E-state index contributed by atoms with van der Waals surface area (Å²) in [7, 11) is 0. The van der Waals surface area contributed by atoms with E-state index in [1.807, 2.05) is 0 Å². The minimum Gasteiger partial charge on any atom is -0.494 e. The number of nitrogens with zero attached hydrogens (tertiary/aromatic N) is 1. The van der Waals surface area contributed by atoms with Crippen LogP contribution in [0.25, 0.3) is 0 Å². The molecule has 1 fully saturated rings. The maximum absolute atomic E-state index is 11.9. The highest BCUT2D eigenvalue weighted by Gasteiger charge is 2.25. The first-order chi connectivity index (χ1) is 10.0. The molecule has 3 N–H and O–H groups in total. The Balaban J connectivity index is 2.28. The summed E-state index contributed by atoms with van der Waals surface area (Å²) < 4.78 is 1.07. The number of aromatic nitrogens is 2. The molecule has 1 aromatic rings. The summed E-state index contributed by atoms with van der Waals surface area (Å²) in [5, 5.41) is 12.9. The number of H-pyrrole nitrogens is 1. The largest absolute Gasteiger partial charge is 0.494 e. The van der Waals surface area contributed by atoms with Crippen molar-refractivity contribution in [3.05, 3.63) is 26.4 Å². The fourth-order valence-corrected chi connectivity index (χ4v) is 2.86. The van der Waals surface area contributed by atoms with Crippen LogP contribution in [-0.2, 0) is 11.3 Å². The lowest BCUT2D eigenvalue weighted by Gasteiger charge is -2.14. The molecule has 0 spiro atoms. The van der Waals surface area contributed by atoms with Crippen molar-refractivity contribution in [3.8, 4) is 5.88 Å². The van der Waals surface area contributed by atoms with Crippen molar-refractivity contribution in [2.45, 2.75) is 51.5 Å². The van der Waals surface area contributed by atoms with Crippen LogP contribution in [0, 0.1) is 0 Å². The maximum atomic E-state index is 11.9. The second kappa shape index (κ2) is 6.60. The fraction of sp³-hybridized carbons (Fsp3) is 0.643. The van der Waals surface area contributed by atoms with E-state index < -0.39 is 11.2 Å². The Hall–Kier alpha value is -2.05. The first-order valence-corrected chi connectivity index (χ1v) is 7.37. The van der Waals surface area contributed by atoms with E-state index in [9.17, 15) is 19.5 Å². The van der Waals surface area contributed by atoms with Gasteiger partial charge in [-0.05, 0) is 25.7 Å². The molecular weight excluding hydrogens is 274 g/mol. The number of rotatable bonds is 5. The molecule has 0 atom stereocenters. The zero-order valence-electron chi connectivity index (χ0n) is 12.1. The number of nitrogens with one attached hydrogen (secondary N) is 2. The highest BCUT2D eigenvalue weighted by molar-refractivity contribution is 5.75. The predicted octanol–water partition coefficient (Wildman–Crippen LogP) is 0.426. The Kier molecular flexibility index (Phi) is 4.82. The highest BCUT2D eigenvalue weighted by atomic mass is 16.3. The van der Waals surface area contributed by atoms with Crippen molar-refractivity contribution in [2.24, 2.45) is 0 Å². The molecule has 1 aliphatic carbocycles. The highest BCUT2D eigenvalue weighted by Crippen LogP contribution is 2.35. The normalized spacial score (nSPS) is 15.3. The summed E-state index contributed by atoms with van der Waals surface area (Å²) in [5.41, 5.74) is -0.912. The van der Waals surface area contributed by atoms with Crippen molar-refractivity contribution >= 4 is 5.91 Å². The predicted molar refractivity (Wildman–Crippen MR) is 77.5 cm³/mol. The smallest absolute Gasteiger partial charge is 0.331 e. The quantitative estimate of drug-likeness (QED) is 0.732. The van der Waals surface area contributed by atoms with Crippen molar-refractivity contribution < 1.29 is 9.90 Å². The topological polar surface area (TPSA) is 104 Å². The molecule has 0 saturated heterocycles. The molecule has 7 nitrogen and oxygen atoms in total. The van der Waals surface area contributed by atoms with Crippen LogP contribution < -0.4 is 16.6 Å². The van der Waals surface area contributed by atoms with E-state index in [1.54, 1.807) is 6.92 Å². The SMILES string of the molecule is CCNC(=O)CCn1c(O)c(C2CCCC2)c(=O)[nH]c1=O. The lowest BCUT2D eigenvalue weighted by molar-refractivity contribution is -0.121. The van der Waals surface area contributed by atoms with Crippen LogP contribution >= 0.6 is 0 Å². The van der Waals surface area contributed by atoms with E-state index in [1.165, 1.54) is 0 Å². The van der Waals surface area contributed by atoms with Gasteiger partial charge in [0.15, 0.2) is 0 Å². The average molecular weight is 295 g/mol. The van der Waals surface area contributed by atoms with Gasteiger partial charge in [-0.25, -0.2) is 4.79 Å². The molecule has 1 saturated carbocycles. The van der Waals surface area contributed by atoms with Gasteiger partial charge in [-0.2, -0.15) is 0 Å². The van der Waals surface area contributed by atoms with Crippen molar-refractivity contribution in [3.63, 3.8) is 0 Å². The maximum Gasteiger partial charge on any atom is 0.331 e. The minimum atomic E-state index is -0.677. The number of aromatic amines is 1. The molecule has 7 heteroatoms. The van der Waals surface area contributed by atoms with Gasteiger partial charge in [-0.15, -0.1) is 0 Å². The van der Waals surface area contributed by atoms with E-state index in [0.29, 0.717) is 6.54 Å². The minimum absolute atomic E-state index is 0.00920. The zero-order chi connectivity index (χ0) is 15.4. The van der Waals surface area contributed by atoms with Crippen LogP contribution in [0.2, 0.25) is 0 Å². The van der Waals surface area contributed by atoms with E-state index in [2.05, 4.69) is 10.3 Å². The third-order valence-corrected chi connectivity index (χ3v) is 3.91. The van der Waals surface area contributed by atoms with Gasteiger partial charge in [0.25, 0.3) is 5.56 Å². The Morgan fingerprint density at radius 1 is 1.38 bits per heavy atom.